The monoisotopic (exact) mass is 540 g/mol. The van der Waals surface area contributed by atoms with Crippen molar-refractivity contribution in [2.45, 2.75) is 43.6 Å². The van der Waals surface area contributed by atoms with Crippen LogP contribution in [-0.2, 0) is 16.1 Å². The zero-order chi connectivity index (χ0) is 27.0. The van der Waals surface area contributed by atoms with Crippen LogP contribution < -0.4 is 14.8 Å². The van der Waals surface area contributed by atoms with Crippen molar-refractivity contribution in [3.63, 3.8) is 0 Å². The van der Waals surface area contributed by atoms with E-state index in [9.17, 15) is 24.6 Å². The minimum Gasteiger partial charge on any atom is -0.493 e. The van der Waals surface area contributed by atoms with Gasteiger partial charge < -0.3 is 29.9 Å². The van der Waals surface area contributed by atoms with E-state index in [1.54, 1.807) is 29.2 Å². The highest BCUT2D eigenvalue weighted by Crippen LogP contribution is 2.51. The molecule has 9 nitrogen and oxygen atoms in total. The molecular weight excluding hydrogens is 512 g/mol. The zero-order valence-corrected chi connectivity index (χ0v) is 21.6. The molecule has 1 saturated carbocycles. The summed E-state index contributed by atoms with van der Waals surface area (Å²) in [7, 11) is 1.45. The molecular formula is C28H29ClN2O7. The second kappa shape index (κ2) is 10.8. The van der Waals surface area contributed by atoms with Gasteiger partial charge in [-0.05, 0) is 48.7 Å². The highest BCUT2D eigenvalue weighted by atomic mass is 35.5. The highest BCUT2D eigenvalue weighted by molar-refractivity contribution is 6.30. The van der Waals surface area contributed by atoms with Crippen molar-refractivity contribution in [1.82, 2.24) is 10.2 Å². The van der Waals surface area contributed by atoms with Crippen LogP contribution in [0.15, 0.2) is 48.0 Å². The van der Waals surface area contributed by atoms with Gasteiger partial charge in [0.15, 0.2) is 11.5 Å². The summed E-state index contributed by atoms with van der Waals surface area (Å²) in [5, 5.41) is 24.2. The Morgan fingerprint density at radius 3 is 2.61 bits per heavy atom. The molecule has 4 unspecified atom stereocenters. The lowest BCUT2D eigenvalue weighted by Gasteiger charge is -2.41. The summed E-state index contributed by atoms with van der Waals surface area (Å²) in [5.74, 6) is -0.758. The number of hydrogen-bond donors (Lipinski definition) is 3. The van der Waals surface area contributed by atoms with Crippen LogP contribution in [0.2, 0.25) is 5.02 Å². The summed E-state index contributed by atoms with van der Waals surface area (Å²) in [4.78, 5) is 40.1. The number of fused-ring (bicyclic) bond motifs is 3. The Morgan fingerprint density at radius 2 is 1.97 bits per heavy atom. The molecule has 0 bridgehead atoms. The number of carbonyl (C=O) groups excluding carboxylic acids is 3. The van der Waals surface area contributed by atoms with Crippen molar-refractivity contribution in [3.8, 4) is 11.5 Å². The molecule has 0 saturated heterocycles. The van der Waals surface area contributed by atoms with Crippen molar-refractivity contribution in [2.24, 2.45) is 5.92 Å². The lowest BCUT2D eigenvalue weighted by atomic mass is 9.77. The molecule has 2 aliphatic carbocycles. The van der Waals surface area contributed by atoms with E-state index in [1.807, 2.05) is 12.1 Å². The van der Waals surface area contributed by atoms with Crippen LogP contribution in [0.4, 0.5) is 0 Å². The number of nitrogens with zero attached hydrogens (tertiary/aromatic N) is 1. The third kappa shape index (κ3) is 4.89. The maximum absolute atomic E-state index is 13.5. The van der Waals surface area contributed by atoms with Gasteiger partial charge in [-0.3, -0.25) is 14.4 Å². The third-order valence-electron chi connectivity index (χ3n) is 7.25. The van der Waals surface area contributed by atoms with E-state index in [0.29, 0.717) is 33.9 Å². The van der Waals surface area contributed by atoms with Gasteiger partial charge in [0.1, 0.15) is 18.5 Å². The van der Waals surface area contributed by atoms with Gasteiger partial charge in [0.25, 0.3) is 0 Å². The molecule has 0 spiro atoms. The number of halogens is 1. The number of ether oxygens (including phenoxy) is 2. The van der Waals surface area contributed by atoms with Gasteiger partial charge in [0.05, 0.1) is 25.7 Å². The van der Waals surface area contributed by atoms with Crippen LogP contribution in [0.1, 0.15) is 40.2 Å². The summed E-state index contributed by atoms with van der Waals surface area (Å²) < 4.78 is 11.7. The molecule has 38 heavy (non-hydrogen) atoms. The largest absolute Gasteiger partial charge is 0.493 e. The number of amides is 2. The van der Waals surface area contributed by atoms with Crippen LogP contribution in [0.25, 0.3) is 0 Å². The number of benzene rings is 2. The topological polar surface area (TPSA) is 125 Å². The molecule has 0 radical (unpaired) electrons. The number of nitrogens with one attached hydrogen (secondary N) is 1. The van der Waals surface area contributed by atoms with E-state index in [1.165, 1.54) is 13.2 Å². The first-order valence-corrected chi connectivity index (χ1v) is 12.9. The van der Waals surface area contributed by atoms with Crippen molar-refractivity contribution < 1.29 is 34.1 Å². The molecule has 4 atom stereocenters. The van der Waals surface area contributed by atoms with Crippen LogP contribution in [0.5, 0.6) is 11.5 Å². The standard InChI is InChI=1S/C28H29ClN2O7/c1-37-22-11-16(14-33)10-19-23-20(27(35)30-8-9-32)12-21(24(34)26(23)38-25(19)22)31(28(36)17-4-5-17)13-15-2-6-18(29)7-3-15/h2-3,6-7,10-12,14,17,21,23-24,26,32,34H,4-5,8-9,13H2,1H3,(H,30,35). The molecule has 2 aromatic rings. The molecule has 200 valence electrons. The van der Waals surface area contributed by atoms with E-state index >= 15 is 0 Å². The predicted molar refractivity (Wildman–Crippen MR) is 138 cm³/mol. The SMILES string of the molecule is COc1cc(C=O)cc2c1OC1C2C(C(=O)NCCO)=CC(N(Cc2ccc(Cl)cc2)C(=O)C2CC2)C1O. The quantitative estimate of drug-likeness (QED) is 0.416. The number of carbonyl (C=O) groups is 3. The smallest absolute Gasteiger partial charge is 0.247 e. The minimum atomic E-state index is -1.18. The molecule has 3 aliphatic rings. The Bertz CT molecular complexity index is 1270. The summed E-state index contributed by atoms with van der Waals surface area (Å²) in [6, 6.07) is 9.41. The van der Waals surface area contributed by atoms with Gasteiger partial charge in [0.2, 0.25) is 11.8 Å². The van der Waals surface area contributed by atoms with Crippen molar-refractivity contribution >= 4 is 29.7 Å². The average molecular weight is 541 g/mol. The van der Waals surface area contributed by atoms with Gasteiger partial charge >= 0.3 is 0 Å². The molecule has 1 heterocycles. The summed E-state index contributed by atoms with van der Waals surface area (Å²) in [6.07, 6.45) is 1.74. The van der Waals surface area contributed by atoms with E-state index in [-0.39, 0.29) is 37.1 Å². The van der Waals surface area contributed by atoms with Crippen LogP contribution in [-0.4, -0.2) is 71.7 Å². The van der Waals surface area contributed by atoms with Gasteiger partial charge in [0, 0.05) is 40.7 Å². The van der Waals surface area contributed by atoms with Crippen LogP contribution >= 0.6 is 11.6 Å². The summed E-state index contributed by atoms with van der Waals surface area (Å²) in [6.45, 7) is -0.0148. The maximum Gasteiger partial charge on any atom is 0.247 e. The van der Waals surface area contributed by atoms with Crippen molar-refractivity contribution in [3.05, 3.63) is 69.8 Å². The highest BCUT2D eigenvalue weighted by Gasteiger charge is 2.52. The Kier molecular flexibility index (Phi) is 7.43. The molecule has 2 amide bonds. The number of methoxy groups -OCH3 is 1. The lowest BCUT2D eigenvalue weighted by Crippen LogP contribution is -2.55. The molecule has 3 N–H and O–H groups in total. The fourth-order valence-corrected chi connectivity index (χ4v) is 5.37. The first-order valence-electron chi connectivity index (χ1n) is 12.5. The summed E-state index contributed by atoms with van der Waals surface area (Å²) >= 11 is 6.05. The molecule has 5 rings (SSSR count). The van der Waals surface area contributed by atoms with Crippen molar-refractivity contribution in [2.75, 3.05) is 20.3 Å². The van der Waals surface area contributed by atoms with E-state index in [2.05, 4.69) is 5.32 Å². The fraction of sp³-hybridized carbons (Fsp3) is 0.393. The van der Waals surface area contributed by atoms with Gasteiger partial charge in [-0.1, -0.05) is 23.7 Å². The van der Waals surface area contributed by atoms with Gasteiger partial charge in [-0.25, -0.2) is 0 Å². The van der Waals surface area contributed by atoms with Crippen molar-refractivity contribution in [1.29, 1.82) is 0 Å². The van der Waals surface area contributed by atoms with E-state index in [4.69, 9.17) is 21.1 Å². The molecule has 1 fully saturated rings. The number of rotatable bonds is 9. The Hall–Kier alpha value is -3.40. The Balaban J connectivity index is 1.59. The summed E-state index contributed by atoms with van der Waals surface area (Å²) in [5.41, 5.74) is 1.99. The Morgan fingerprint density at radius 1 is 1.24 bits per heavy atom. The first-order chi connectivity index (χ1) is 18.4. The molecule has 1 aliphatic heterocycles. The Labute approximate surface area is 225 Å². The van der Waals surface area contributed by atoms with E-state index < -0.39 is 30.1 Å². The number of aldehydes is 1. The molecule has 10 heteroatoms. The number of aliphatic hydroxyl groups excluding tert-OH is 2. The maximum atomic E-state index is 13.5. The van der Waals surface area contributed by atoms with Gasteiger partial charge in [-0.15, -0.1) is 0 Å². The predicted octanol–water partition coefficient (Wildman–Crippen LogP) is 2.22. The lowest BCUT2D eigenvalue weighted by molar-refractivity contribution is -0.139. The first kappa shape index (κ1) is 26.2. The average Bonchev–Trinajstić information content (AvgIpc) is 3.71. The zero-order valence-electron chi connectivity index (χ0n) is 20.8. The number of hydrogen-bond acceptors (Lipinski definition) is 7. The normalized spacial score (nSPS) is 23.4. The number of aliphatic hydroxyl groups is 2. The minimum absolute atomic E-state index is 0.0295. The molecule has 2 aromatic carbocycles. The third-order valence-corrected chi connectivity index (χ3v) is 7.50. The van der Waals surface area contributed by atoms with Crippen LogP contribution in [0.3, 0.4) is 0 Å². The fourth-order valence-electron chi connectivity index (χ4n) is 5.24. The molecule has 0 aromatic heterocycles. The second-order valence-electron chi connectivity index (χ2n) is 9.77. The van der Waals surface area contributed by atoms with Gasteiger partial charge in [-0.2, -0.15) is 0 Å². The second-order valence-corrected chi connectivity index (χ2v) is 10.2. The van der Waals surface area contributed by atoms with Crippen LogP contribution in [0, 0.1) is 5.92 Å². The van der Waals surface area contributed by atoms with E-state index in [0.717, 1.165) is 18.4 Å².